The van der Waals surface area contributed by atoms with Crippen LogP contribution in [0.4, 0.5) is 0 Å². The van der Waals surface area contributed by atoms with Gasteiger partial charge in [-0.05, 0) is 38.3 Å². The summed E-state index contributed by atoms with van der Waals surface area (Å²) in [4.78, 5) is 12.5. The minimum Gasteiger partial charge on any atom is -0.462 e. The summed E-state index contributed by atoms with van der Waals surface area (Å²) in [7, 11) is -3.81. The third-order valence-electron chi connectivity index (χ3n) is 3.64. The van der Waals surface area contributed by atoms with E-state index < -0.39 is 22.0 Å². The fourth-order valence-corrected chi connectivity index (χ4v) is 3.54. The highest BCUT2D eigenvalue weighted by atomic mass is 32.2. The van der Waals surface area contributed by atoms with Gasteiger partial charge in [-0.25, -0.2) is 8.42 Å². The van der Waals surface area contributed by atoms with Gasteiger partial charge in [-0.15, -0.1) is 0 Å². The van der Waals surface area contributed by atoms with Crippen molar-refractivity contribution in [2.24, 2.45) is 5.92 Å². The van der Waals surface area contributed by atoms with Crippen molar-refractivity contribution < 1.29 is 27.4 Å². The molecule has 0 amide bonds. The summed E-state index contributed by atoms with van der Waals surface area (Å²) >= 11 is 0. The van der Waals surface area contributed by atoms with Crippen LogP contribution >= 0.6 is 0 Å². The van der Waals surface area contributed by atoms with Crippen molar-refractivity contribution in [2.45, 2.75) is 51.2 Å². The topological polar surface area (TPSA) is 90.9 Å². The first-order valence-electron chi connectivity index (χ1n) is 9.19. The molecule has 1 aromatic rings. The van der Waals surface area contributed by atoms with E-state index in [1.165, 1.54) is 12.1 Å². The first-order chi connectivity index (χ1) is 12.8. The van der Waals surface area contributed by atoms with Gasteiger partial charge in [0.2, 0.25) is 10.0 Å². The minimum absolute atomic E-state index is 0.0482. The Morgan fingerprint density at radius 1 is 1.11 bits per heavy atom. The molecular formula is C19H31NO6S. The zero-order valence-electron chi connectivity index (χ0n) is 16.5. The van der Waals surface area contributed by atoms with Crippen LogP contribution in [0.2, 0.25) is 0 Å². The second-order valence-electron chi connectivity index (χ2n) is 6.62. The number of ether oxygens (including phenoxy) is 3. The lowest BCUT2D eigenvalue weighted by molar-refractivity contribution is -0.150. The number of hydrogen-bond acceptors (Lipinski definition) is 6. The number of esters is 1. The summed E-state index contributed by atoms with van der Waals surface area (Å²) in [5.74, 6) is -0.496. The molecule has 7 nitrogen and oxygen atoms in total. The van der Waals surface area contributed by atoms with Crippen molar-refractivity contribution in [1.29, 1.82) is 0 Å². The standard InChI is InChI=1S/C19H31NO6S/c1-5-24-11-12-25-16(4)14-26-19(21)18(13-15(2)3)20-27(22,23)17-9-7-6-8-10-17/h6-10,15-16,18,20H,5,11-14H2,1-4H3/t16?,18-/m0/s1. The molecular weight excluding hydrogens is 370 g/mol. The number of benzene rings is 1. The molecule has 154 valence electrons. The summed E-state index contributed by atoms with van der Waals surface area (Å²) in [6.45, 7) is 9.05. The van der Waals surface area contributed by atoms with Crippen molar-refractivity contribution in [2.75, 3.05) is 26.4 Å². The van der Waals surface area contributed by atoms with Crippen LogP contribution in [0.3, 0.4) is 0 Å². The van der Waals surface area contributed by atoms with Gasteiger partial charge in [0, 0.05) is 6.61 Å². The summed E-state index contributed by atoms with van der Waals surface area (Å²) in [6.07, 6.45) is 0.0321. The Morgan fingerprint density at radius 3 is 2.37 bits per heavy atom. The largest absolute Gasteiger partial charge is 0.462 e. The molecule has 0 saturated heterocycles. The molecule has 1 N–H and O–H groups in total. The predicted octanol–water partition coefficient (Wildman–Crippen LogP) is 2.36. The van der Waals surface area contributed by atoms with E-state index >= 15 is 0 Å². The average Bonchev–Trinajstić information content (AvgIpc) is 2.63. The second kappa shape index (κ2) is 12.1. The molecule has 1 unspecified atom stereocenters. The summed E-state index contributed by atoms with van der Waals surface area (Å²) < 4.78 is 43.4. The van der Waals surface area contributed by atoms with Crippen LogP contribution in [-0.2, 0) is 29.0 Å². The lowest BCUT2D eigenvalue weighted by atomic mass is 10.1. The SMILES string of the molecule is CCOCCOC(C)COC(=O)[C@H](CC(C)C)NS(=O)(=O)c1ccccc1. The lowest BCUT2D eigenvalue weighted by Crippen LogP contribution is -2.43. The molecule has 0 saturated carbocycles. The number of carbonyl (C=O) groups excluding carboxylic acids is 1. The van der Waals surface area contributed by atoms with Crippen molar-refractivity contribution >= 4 is 16.0 Å². The van der Waals surface area contributed by atoms with Gasteiger partial charge < -0.3 is 14.2 Å². The number of rotatable bonds is 13. The maximum absolute atomic E-state index is 12.5. The highest BCUT2D eigenvalue weighted by molar-refractivity contribution is 7.89. The fourth-order valence-electron chi connectivity index (χ4n) is 2.32. The zero-order valence-corrected chi connectivity index (χ0v) is 17.3. The Balaban J connectivity index is 2.64. The molecule has 0 heterocycles. The van der Waals surface area contributed by atoms with Crippen molar-refractivity contribution in [3.8, 4) is 0 Å². The van der Waals surface area contributed by atoms with Gasteiger partial charge in [-0.2, -0.15) is 4.72 Å². The van der Waals surface area contributed by atoms with Gasteiger partial charge in [0.15, 0.2) is 0 Å². The van der Waals surface area contributed by atoms with Gasteiger partial charge >= 0.3 is 5.97 Å². The fraction of sp³-hybridized carbons (Fsp3) is 0.632. The monoisotopic (exact) mass is 401 g/mol. The van der Waals surface area contributed by atoms with Crippen LogP contribution in [0, 0.1) is 5.92 Å². The minimum atomic E-state index is -3.81. The van der Waals surface area contributed by atoms with Crippen LogP contribution in [0.1, 0.15) is 34.1 Å². The van der Waals surface area contributed by atoms with Gasteiger partial charge in [0.25, 0.3) is 0 Å². The van der Waals surface area contributed by atoms with Gasteiger partial charge in [0.1, 0.15) is 12.6 Å². The highest BCUT2D eigenvalue weighted by Crippen LogP contribution is 2.13. The molecule has 2 atom stereocenters. The highest BCUT2D eigenvalue weighted by Gasteiger charge is 2.28. The second-order valence-corrected chi connectivity index (χ2v) is 8.34. The quantitative estimate of drug-likeness (QED) is 0.403. The predicted molar refractivity (Wildman–Crippen MR) is 103 cm³/mol. The smallest absolute Gasteiger partial charge is 0.324 e. The summed E-state index contributed by atoms with van der Waals surface area (Å²) in [5.41, 5.74) is 0. The summed E-state index contributed by atoms with van der Waals surface area (Å²) in [5, 5.41) is 0. The van der Waals surface area contributed by atoms with Crippen LogP contribution in [0.5, 0.6) is 0 Å². The zero-order chi connectivity index (χ0) is 20.3. The normalized spacial score (nSPS) is 14.1. The van der Waals surface area contributed by atoms with Crippen LogP contribution < -0.4 is 4.72 Å². The molecule has 8 heteroatoms. The van der Waals surface area contributed by atoms with Crippen LogP contribution in [0.15, 0.2) is 35.2 Å². The molecule has 0 fully saturated rings. The van der Waals surface area contributed by atoms with E-state index in [0.29, 0.717) is 26.2 Å². The van der Waals surface area contributed by atoms with Crippen molar-refractivity contribution in [1.82, 2.24) is 4.72 Å². The molecule has 0 aliphatic rings. The Hall–Kier alpha value is -1.48. The third kappa shape index (κ3) is 9.32. The first-order valence-corrected chi connectivity index (χ1v) is 10.7. The molecule has 0 spiro atoms. The number of sulfonamides is 1. The van der Waals surface area contributed by atoms with Gasteiger partial charge in [-0.3, -0.25) is 4.79 Å². The number of carbonyl (C=O) groups is 1. The molecule has 0 aliphatic carbocycles. The Labute approximate surface area is 162 Å². The molecule has 27 heavy (non-hydrogen) atoms. The molecule has 1 aromatic carbocycles. The maximum Gasteiger partial charge on any atom is 0.324 e. The molecule has 0 bridgehead atoms. The van der Waals surface area contributed by atoms with Crippen LogP contribution in [-0.4, -0.2) is 53.0 Å². The average molecular weight is 402 g/mol. The Bertz CT molecular complexity index is 647. The van der Waals surface area contributed by atoms with Crippen molar-refractivity contribution in [3.63, 3.8) is 0 Å². The third-order valence-corrected chi connectivity index (χ3v) is 5.12. The van der Waals surface area contributed by atoms with E-state index in [2.05, 4.69) is 4.72 Å². The van der Waals surface area contributed by atoms with E-state index in [-0.39, 0.29) is 23.5 Å². The van der Waals surface area contributed by atoms with E-state index in [0.717, 1.165) is 0 Å². The van der Waals surface area contributed by atoms with E-state index in [1.54, 1.807) is 25.1 Å². The Kier molecular flexibility index (Phi) is 10.5. The molecule has 0 radical (unpaired) electrons. The summed E-state index contributed by atoms with van der Waals surface area (Å²) in [6, 6.07) is 7.00. The lowest BCUT2D eigenvalue weighted by Gasteiger charge is -2.21. The van der Waals surface area contributed by atoms with Crippen molar-refractivity contribution in [3.05, 3.63) is 30.3 Å². The first kappa shape index (κ1) is 23.6. The van der Waals surface area contributed by atoms with E-state index in [9.17, 15) is 13.2 Å². The molecule has 1 rings (SSSR count). The van der Waals surface area contributed by atoms with Gasteiger partial charge in [-0.1, -0.05) is 32.0 Å². The van der Waals surface area contributed by atoms with E-state index in [1.807, 2.05) is 20.8 Å². The number of hydrogen-bond donors (Lipinski definition) is 1. The molecule has 0 aromatic heterocycles. The van der Waals surface area contributed by atoms with E-state index in [4.69, 9.17) is 14.2 Å². The number of nitrogens with one attached hydrogen (secondary N) is 1. The van der Waals surface area contributed by atoms with Crippen LogP contribution in [0.25, 0.3) is 0 Å². The molecule has 0 aliphatic heterocycles. The maximum atomic E-state index is 12.5. The Morgan fingerprint density at radius 2 is 1.78 bits per heavy atom. The van der Waals surface area contributed by atoms with Gasteiger partial charge in [0.05, 0.1) is 24.2 Å².